The number of aryl methyl sites for hydroxylation is 1. The van der Waals surface area contributed by atoms with Gasteiger partial charge in [0.1, 0.15) is 17.0 Å². The highest BCUT2D eigenvalue weighted by molar-refractivity contribution is 6.32. The summed E-state index contributed by atoms with van der Waals surface area (Å²) in [5.74, 6) is -0.599. The minimum Gasteiger partial charge on any atom is -0.492 e. The van der Waals surface area contributed by atoms with Crippen LogP contribution in [0.4, 0.5) is 0 Å². The van der Waals surface area contributed by atoms with Gasteiger partial charge in [-0.15, -0.1) is 12.4 Å². The lowest BCUT2D eigenvalue weighted by Gasteiger charge is -2.33. The van der Waals surface area contributed by atoms with Crippen LogP contribution in [0.2, 0.25) is 5.02 Å². The van der Waals surface area contributed by atoms with Gasteiger partial charge in [-0.1, -0.05) is 69.0 Å². The lowest BCUT2D eigenvalue weighted by molar-refractivity contribution is -0.145. The van der Waals surface area contributed by atoms with Crippen molar-refractivity contribution >= 4 is 35.9 Å². The Bertz CT molecular complexity index is 1440. The number of nitrogens with one attached hydrogen (secondary N) is 1. The predicted molar refractivity (Wildman–Crippen MR) is 176 cm³/mol. The molecule has 1 fully saturated rings. The molecule has 2 N–H and O–H groups in total. The summed E-state index contributed by atoms with van der Waals surface area (Å²) in [6, 6.07) is 15.5. The van der Waals surface area contributed by atoms with E-state index in [9.17, 15) is 14.7 Å². The monoisotopic (exact) mass is 627 g/mol. The van der Waals surface area contributed by atoms with E-state index in [-0.39, 0.29) is 18.1 Å². The van der Waals surface area contributed by atoms with Crippen molar-refractivity contribution in [1.82, 2.24) is 15.2 Å². The Balaban J connectivity index is 0.00000506. The predicted octanol–water partition coefficient (Wildman–Crippen LogP) is 7.77. The molecule has 1 aliphatic rings. The van der Waals surface area contributed by atoms with E-state index in [1.165, 1.54) is 5.56 Å². The van der Waals surface area contributed by atoms with E-state index in [0.29, 0.717) is 41.8 Å². The average Bonchev–Trinajstić information content (AvgIpc) is 2.96. The van der Waals surface area contributed by atoms with Crippen molar-refractivity contribution in [3.8, 4) is 28.1 Å². The zero-order chi connectivity index (χ0) is 30.4. The first kappa shape index (κ1) is 34.4. The molecule has 9 heteroatoms. The number of carboxylic acid groups (broad SMARTS) is 1. The lowest BCUT2D eigenvalue weighted by atomic mass is 9.81. The van der Waals surface area contributed by atoms with Crippen LogP contribution in [-0.2, 0) is 4.79 Å². The number of rotatable bonds is 11. The molecule has 3 aromatic rings. The van der Waals surface area contributed by atoms with Crippen molar-refractivity contribution in [2.75, 3.05) is 27.2 Å². The Labute approximate surface area is 266 Å². The van der Waals surface area contributed by atoms with Crippen LogP contribution in [0.1, 0.15) is 79.9 Å². The van der Waals surface area contributed by atoms with Crippen LogP contribution in [0.5, 0.6) is 5.75 Å². The summed E-state index contributed by atoms with van der Waals surface area (Å²) in [6.45, 7) is 7.78. The number of hydrogen-bond acceptors (Lipinski definition) is 5. The molecule has 4 rings (SSSR count). The summed E-state index contributed by atoms with van der Waals surface area (Å²) in [4.78, 5) is 32.7. The van der Waals surface area contributed by atoms with Gasteiger partial charge in [0.15, 0.2) is 0 Å². The fraction of sp³-hybridized carbons (Fsp3) is 0.441. The second-order valence-corrected chi connectivity index (χ2v) is 12.3. The molecule has 0 spiro atoms. The Morgan fingerprint density at radius 3 is 2.42 bits per heavy atom. The van der Waals surface area contributed by atoms with Crippen LogP contribution in [0.3, 0.4) is 0 Å². The van der Waals surface area contributed by atoms with Gasteiger partial charge in [-0.25, -0.2) is 9.78 Å². The molecule has 0 saturated heterocycles. The largest absolute Gasteiger partial charge is 0.492 e. The van der Waals surface area contributed by atoms with Crippen LogP contribution < -0.4 is 10.1 Å². The number of ether oxygens (including phenoxy) is 1. The second kappa shape index (κ2) is 15.0. The van der Waals surface area contributed by atoms with Crippen LogP contribution in [0.15, 0.2) is 48.5 Å². The quantitative estimate of drug-likeness (QED) is 0.211. The maximum Gasteiger partial charge on any atom is 0.329 e. The topological polar surface area (TPSA) is 91.8 Å². The molecule has 2 aromatic carbocycles. The maximum atomic E-state index is 13.5. The minimum atomic E-state index is -1.27. The average molecular weight is 629 g/mol. The number of carboxylic acids is 1. The molecule has 1 amide bonds. The summed E-state index contributed by atoms with van der Waals surface area (Å²) in [5.41, 5.74) is 4.44. The van der Waals surface area contributed by atoms with Crippen molar-refractivity contribution in [1.29, 1.82) is 0 Å². The molecule has 43 heavy (non-hydrogen) atoms. The highest BCUT2D eigenvalue weighted by Crippen LogP contribution is 2.38. The van der Waals surface area contributed by atoms with Crippen LogP contribution in [0, 0.1) is 6.92 Å². The maximum absolute atomic E-state index is 13.5. The molecule has 7 nitrogen and oxygen atoms in total. The molecule has 1 saturated carbocycles. The number of hydrogen-bond donors (Lipinski definition) is 2. The molecule has 0 unspecified atom stereocenters. The number of nitrogens with zero attached hydrogens (tertiary/aromatic N) is 2. The van der Waals surface area contributed by atoms with E-state index in [1.54, 1.807) is 12.1 Å². The summed E-state index contributed by atoms with van der Waals surface area (Å²) < 4.78 is 6.06. The summed E-state index contributed by atoms with van der Waals surface area (Å²) in [5, 5.41) is 13.4. The first-order valence-corrected chi connectivity index (χ1v) is 15.1. The van der Waals surface area contributed by atoms with Crippen LogP contribution >= 0.6 is 24.0 Å². The lowest BCUT2D eigenvalue weighted by Crippen LogP contribution is -2.55. The summed E-state index contributed by atoms with van der Waals surface area (Å²) in [7, 11) is 4.04. The van der Waals surface area contributed by atoms with Gasteiger partial charge in [0.25, 0.3) is 5.91 Å². The molecule has 0 bridgehead atoms. The van der Waals surface area contributed by atoms with Crippen molar-refractivity contribution in [3.63, 3.8) is 0 Å². The molecule has 232 valence electrons. The fourth-order valence-corrected chi connectivity index (χ4v) is 5.64. The third-order valence-electron chi connectivity index (χ3n) is 8.03. The third-order valence-corrected chi connectivity index (χ3v) is 8.34. The molecule has 0 radical (unpaired) electrons. The molecule has 1 aliphatic carbocycles. The van der Waals surface area contributed by atoms with Gasteiger partial charge in [0, 0.05) is 17.7 Å². The number of amides is 1. The van der Waals surface area contributed by atoms with Gasteiger partial charge in [-0.05, 0) is 87.2 Å². The number of aliphatic carboxylic acids is 1. The van der Waals surface area contributed by atoms with Gasteiger partial charge in [-0.2, -0.15) is 0 Å². The van der Waals surface area contributed by atoms with E-state index in [0.717, 1.165) is 54.5 Å². The standard InChI is InChI=1S/C34H42ClN3O4.ClH/c1-22(2)24-11-10-23(3)27(20-24)26-13-15-29(32(39)37-34(33(40)41)16-7-6-8-17-34)36-31(26)25-12-14-28(35)30(21-25)42-19-9-18-38(4)5;/h10-15,20-22H,6-9,16-19H2,1-5H3,(H,37,39)(H,40,41);1H. The first-order chi connectivity index (χ1) is 20.0. The van der Waals surface area contributed by atoms with Gasteiger partial charge >= 0.3 is 5.97 Å². The molecular weight excluding hydrogens is 585 g/mol. The Hall–Kier alpha value is -3.13. The van der Waals surface area contributed by atoms with Gasteiger partial charge in [0.05, 0.1) is 17.3 Å². The van der Waals surface area contributed by atoms with Crippen molar-refractivity contribution in [2.24, 2.45) is 0 Å². The Morgan fingerprint density at radius 2 is 1.77 bits per heavy atom. The van der Waals surface area contributed by atoms with Gasteiger partial charge < -0.3 is 20.1 Å². The number of pyridine rings is 1. The third kappa shape index (κ3) is 8.28. The second-order valence-electron chi connectivity index (χ2n) is 11.9. The van der Waals surface area contributed by atoms with Crippen molar-refractivity contribution in [3.05, 3.63) is 70.4 Å². The molecule has 0 atom stereocenters. The summed E-state index contributed by atoms with van der Waals surface area (Å²) >= 11 is 6.52. The van der Waals surface area contributed by atoms with Crippen molar-refractivity contribution < 1.29 is 19.4 Å². The van der Waals surface area contributed by atoms with E-state index in [4.69, 9.17) is 21.3 Å². The van der Waals surface area contributed by atoms with E-state index >= 15 is 0 Å². The zero-order valence-electron chi connectivity index (χ0n) is 25.7. The SMILES string of the molecule is Cc1ccc(C(C)C)cc1-c1ccc(C(=O)NC2(C(=O)O)CCCCC2)nc1-c1ccc(Cl)c(OCCCN(C)C)c1.Cl. The smallest absolute Gasteiger partial charge is 0.329 e. The highest BCUT2D eigenvalue weighted by atomic mass is 35.5. The van der Waals surface area contributed by atoms with Gasteiger partial charge in [-0.3, -0.25) is 4.79 Å². The Kier molecular flexibility index (Phi) is 12.0. The van der Waals surface area contributed by atoms with Crippen molar-refractivity contribution in [2.45, 2.75) is 70.8 Å². The zero-order valence-corrected chi connectivity index (χ0v) is 27.3. The number of benzene rings is 2. The van der Waals surface area contributed by atoms with E-state index in [2.05, 4.69) is 49.2 Å². The fourth-order valence-electron chi connectivity index (χ4n) is 5.47. The van der Waals surface area contributed by atoms with Crippen LogP contribution in [-0.4, -0.2) is 59.7 Å². The molecule has 1 aromatic heterocycles. The minimum absolute atomic E-state index is 0. The molecule has 1 heterocycles. The highest BCUT2D eigenvalue weighted by Gasteiger charge is 2.41. The number of carbonyl (C=O) groups is 2. The number of halogens is 2. The number of aromatic nitrogens is 1. The van der Waals surface area contributed by atoms with Crippen LogP contribution in [0.25, 0.3) is 22.4 Å². The Morgan fingerprint density at radius 1 is 1.05 bits per heavy atom. The molecule has 0 aliphatic heterocycles. The summed E-state index contributed by atoms with van der Waals surface area (Å²) in [6.07, 6.45) is 4.15. The normalized spacial score (nSPS) is 14.3. The van der Waals surface area contributed by atoms with E-state index < -0.39 is 17.4 Å². The van der Waals surface area contributed by atoms with Gasteiger partial charge in [0.2, 0.25) is 0 Å². The van der Waals surface area contributed by atoms with E-state index in [1.807, 2.05) is 32.3 Å². The molecular formula is C34H43Cl2N3O4. The number of carbonyl (C=O) groups excluding carboxylic acids is 1. The first-order valence-electron chi connectivity index (χ1n) is 14.8.